The van der Waals surface area contributed by atoms with Crippen molar-refractivity contribution >= 4 is 53.7 Å². The quantitative estimate of drug-likeness (QED) is 0.532. The maximum atomic E-state index is 12.1. The number of rotatable bonds is 9. The number of nitrogens with one attached hydrogen (secondary N) is 2. The number of hydrogen-bond acceptors (Lipinski definition) is 6. The molecule has 1 aromatic heterocycles. The summed E-state index contributed by atoms with van der Waals surface area (Å²) in [6.07, 6.45) is 0. The third-order valence-corrected chi connectivity index (χ3v) is 4.66. The van der Waals surface area contributed by atoms with E-state index in [9.17, 15) is 9.59 Å². The summed E-state index contributed by atoms with van der Waals surface area (Å²) in [5, 5.41) is 7.40. The topological polar surface area (TPSA) is 100 Å². The molecule has 1 atom stereocenters. The number of halogens is 2. The minimum atomic E-state index is -0.616. The molecule has 0 aliphatic rings. The highest BCUT2D eigenvalue weighted by atomic mass is 35.5. The van der Waals surface area contributed by atoms with Crippen LogP contribution in [0.5, 0.6) is 0 Å². The van der Waals surface area contributed by atoms with Crippen LogP contribution in [0.25, 0.3) is 0 Å². The van der Waals surface area contributed by atoms with Gasteiger partial charge in [0.05, 0.1) is 23.8 Å². The number of hydrogen-bond donors (Lipinski definition) is 3. The molecule has 2 amide bonds. The predicted octanol–water partition coefficient (Wildman–Crippen LogP) is 2.66. The van der Waals surface area contributed by atoms with E-state index in [-0.39, 0.29) is 49.1 Å². The Hall–Kier alpha value is -1.71. The van der Waals surface area contributed by atoms with Crippen LogP contribution in [0.3, 0.4) is 0 Å². The van der Waals surface area contributed by atoms with Gasteiger partial charge < -0.3 is 16.4 Å². The first-order valence-corrected chi connectivity index (χ1v) is 9.77. The van der Waals surface area contributed by atoms with E-state index in [4.69, 9.17) is 5.73 Å². The molecule has 1 aromatic carbocycles. The van der Waals surface area contributed by atoms with Gasteiger partial charge in [-0.1, -0.05) is 26.0 Å². The number of aromatic nitrogens is 1. The van der Waals surface area contributed by atoms with E-state index >= 15 is 0 Å². The standard InChI is InChI=1S/C19H27N5O2S.2ClH/c1-13(2)18(20)19(26)21-8-17(25)23-15-6-4-5-14(7-15)9-24(3)10-16-11-27-12-22-16;;/h4-7,11-13,18H,8-10,20H2,1-3H3,(H,21,26)(H,23,25);2*1H/t18-;;/m0../s1. The molecule has 0 aliphatic heterocycles. The summed E-state index contributed by atoms with van der Waals surface area (Å²) in [7, 11) is 2.03. The first kappa shape index (κ1) is 27.3. The van der Waals surface area contributed by atoms with Crippen molar-refractivity contribution in [2.24, 2.45) is 11.7 Å². The summed E-state index contributed by atoms with van der Waals surface area (Å²) in [5.41, 5.74) is 10.4. The summed E-state index contributed by atoms with van der Waals surface area (Å²) in [4.78, 5) is 30.3. The molecule has 0 fully saturated rings. The number of nitrogens with two attached hydrogens (primary N) is 1. The smallest absolute Gasteiger partial charge is 0.243 e. The first-order chi connectivity index (χ1) is 12.8. The number of carbonyl (C=O) groups excluding carboxylic acids is 2. The van der Waals surface area contributed by atoms with E-state index in [1.807, 2.05) is 56.1 Å². The van der Waals surface area contributed by atoms with Gasteiger partial charge in [-0.05, 0) is 30.7 Å². The zero-order valence-corrected chi connectivity index (χ0v) is 19.2. The van der Waals surface area contributed by atoms with E-state index in [1.54, 1.807) is 11.3 Å². The molecule has 0 saturated heterocycles. The van der Waals surface area contributed by atoms with Crippen molar-refractivity contribution in [1.29, 1.82) is 0 Å². The Bertz CT molecular complexity index is 759. The Kier molecular flexibility index (Phi) is 12.7. The molecule has 0 radical (unpaired) electrons. The lowest BCUT2D eigenvalue weighted by molar-refractivity contribution is -0.125. The molecule has 10 heteroatoms. The minimum Gasteiger partial charge on any atom is -0.346 e. The average Bonchev–Trinajstić information content (AvgIpc) is 3.11. The normalized spacial score (nSPS) is 11.4. The fraction of sp³-hybridized carbons (Fsp3) is 0.421. The summed E-state index contributed by atoms with van der Waals surface area (Å²) in [6, 6.07) is 7.04. The van der Waals surface area contributed by atoms with Crippen molar-refractivity contribution < 1.29 is 9.59 Å². The molecule has 0 aliphatic carbocycles. The van der Waals surface area contributed by atoms with Gasteiger partial charge in [-0.25, -0.2) is 4.98 Å². The summed E-state index contributed by atoms with van der Waals surface area (Å²) >= 11 is 1.58. The lowest BCUT2D eigenvalue weighted by atomic mass is 10.1. The third-order valence-electron chi connectivity index (χ3n) is 4.02. The molecular weight excluding hydrogens is 433 g/mol. The van der Waals surface area contributed by atoms with Gasteiger partial charge in [0.25, 0.3) is 0 Å². The van der Waals surface area contributed by atoms with Gasteiger partial charge in [0, 0.05) is 24.2 Å². The molecule has 2 rings (SSSR count). The van der Waals surface area contributed by atoms with Crippen molar-refractivity contribution in [2.75, 3.05) is 18.9 Å². The van der Waals surface area contributed by atoms with Gasteiger partial charge in [-0.2, -0.15) is 0 Å². The largest absolute Gasteiger partial charge is 0.346 e. The van der Waals surface area contributed by atoms with Crippen LogP contribution >= 0.6 is 36.2 Å². The van der Waals surface area contributed by atoms with Crippen molar-refractivity contribution in [3.05, 3.63) is 46.4 Å². The van der Waals surface area contributed by atoms with E-state index < -0.39 is 6.04 Å². The van der Waals surface area contributed by atoms with Crippen LogP contribution < -0.4 is 16.4 Å². The second-order valence-electron chi connectivity index (χ2n) is 6.89. The molecule has 0 saturated carbocycles. The van der Waals surface area contributed by atoms with Gasteiger partial charge in [0.1, 0.15) is 0 Å². The van der Waals surface area contributed by atoms with E-state index in [0.29, 0.717) is 5.69 Å². The minimum absolute atomic E-state index is 0. The number of amides is 2. The summed E-state index contributed by atoms with van der Waals surface area (Å²) in [5.74, 6) is -0.587. The van der Waals surface area contributed by atoms with E-state index in [2.05, 4.69) is 20.5 Å². The second-order valence-corrected chi connectivity index (χ2v) is 7.61. The van der Waals surface area contributed by atoms with Gasteiger partial charge in [-0.3, -0.25) is 14.5 Å². The van der Waals surface area contributed by atoms with Gasteiger partial charge in [-0.15, -0.1) is 36.2 Å². The number of benzene rings is 1. The summed E-state index contributed by atoms with van der Waals surface area (Å²) < 4.78 is 0. The maximum absolute atomic E-state index is 12.1. The maximum Gasteiger partial charge on any atom is 0.243 e. The lowest BCUT2D eigenvalue weighted by Gasteiger charge is -2.16. The van der Waals surface area contributed by atoms with Gasteiger partial charge >= 0.3 is 0 Å². The molecule has 4 N–H and O–H groups in total. The molecule has 162 valence electrons. The molecule has 7 nitrogen and oxygen atoms in total. The highest BCUT2D eigenvalue weighted by molar-refractivity contribution is 7.07. The Morgan fingerprint density at radius 1 is 1.24 bits per heavy atom. The first-order valence-electron chi connectivity index (χ1n) is 8.83. The number of thiazole rings is 1. The monoisotopic (exact) mass is 461 g/mol. The van der Waals surface area contributed by atoms with Crippen LogP contribution in [0.15, 0.2) is 35.2 Å². The van der Waals surface area contributed by atoms with Crippen LogP contribution in [0, 0.1) is 5.92 Å². The third kappa shape index (κ3) is 9.56. The van der Waals surface area contributed by atoms with Crippen LogP contribution in [0.1, 0.15) is 25.1 Å². The lowest BCUT2D eigenvalue weighted by Crippen LogP contribution is -2.46. The molecule has 2 aromatic rings. The van der Waals surface area contributed by atoms with E-state index in [0.717, 1.165) is 24.3 Å². The van der Waals surface area contributed by atoms with E-state index in [1.165, 1.54) is 0 Å². The Morgan fingerprint density at radius 3 is 2.59 bits per heavy atom. The highest BCUT2D eigenvalue weighted by Crippen LogP contribution is 2.13. The van der Waals surface area contributed by atoms with Crippen LogP contribution in [-0.4, -0.2) is 41.3 Å². The van der Waals surface area contributed by atoms with Crippen molar-refractivity contribution in [1.82, 2.24) is 15.2 Å². The van der Waals surface area contributed by atoms with Gasteiger partial charge in [0.2, 0.25) is 11.8 Å². The Labute approximate surface area is 188 Å². The molecule has 0 spiro atoms. The van der Waals surface area contributed by atoms with Crippen LogP contribution in [0.2, 0.25) is 0 Å². The Morgan fingerprint density at radius 2 is 1.97 bits per heavy atom. The molecule has 1 heterocycles. The molecular formula is C19H29Cl2N5O2S. The van der Waals surface area contributed by atoms with Crippen molar-refractivity contribution in [3.63, 3.8) is 0 Å². The number of carbonyl (C=O) groups is 2. The number of nitrogens with zero attached hydrogens (tertiary/aromatic N) is 2. The van der Waals surface area contributed by atoms with Crippen LogP contribution in [0.4, 0.5) is 5.69 Å². The fourth-order valence-corrected chi connectivity index (χ4v) is 3.05. The van der Waals surface area contributed by atoms with Crippen LogP contribution in [-0.2, 0) is 22.7 Å². The second kappa shape index (κ2) is 13.5. The summed E-state index contributed by atoms with van der Waals surface area (Å²) in [6.45, 7) is 5.12. The van der Waals surface area contributed by atoms with Gasteiger partial charge in [0.15, 0.2) is 0 Å². The molecule has 0 bridgehead atoms. The average molecular weight is 462 g/mol. The molecule has 0 unspecified atom stereocenters. The highest BCUT2D eigenvalue weighted by Gasteiger charge is 2.17. The Balaban J connectivity index is 0.00000392. The zero-order chi connectivity index (χ0) is 19.8. The predicted molar refractivity (Wildman–Crippen MR) is 123 cm³/mol. The zero-order valence-electron chi connectivity index (χ0n) is 16.8. The number of anilines is 1. The SMILES string of the molecule is CC(C)[C@H](N)C(=O)NCC(=O)Nc1cccc(CN(C)Cc2cscn2)c1.Cl.Cl. The fourth-order valence-electron chi connectivity index (χ4n) is 2.50. The van der Waals surface area contributed by atoms with Crippen molar-refractivity contribution in [3.8, 4) is 0 Å². The van der Waals surface area contributed by atoms with Crippen molar-refractivity contribution in [2.45, 2.75) is 33.0 Å². The molecule has 29 heavy (non-hydrogen) atoms.